The van der Waals surface area contributed by atoms with Gasteiger partial charge in [-0.15, -0.1) is 0 Å². The molecule has 5 heteroatoms. The Morgan fingerprint density at radius 2 is 2.24 bits per heavy atom. The third kappa shape index (κ3) is 2.21. The van der Waals surface area contributed by atoms with Gasteiger partial charge in [0, 0.05) is 54.6 Å². The number of rotatable bonds is 3. The SMILES string of the molecule is Cc1nc(NC2CNCC23CC3)ccc1-c1cnn(C)c1. The summed E-state index contributed by atoms with van der Waals surface area (Å²) in [6.45, 7) is 4.26. The van der Waals surface area contributed by atoms with Crippen molar-refractivity contribution in [3.63, 3.8) is 0 Å². The number of aromatic nitrogens is 3. The molecule has 1 aliphatic carbocycles. The normalized spacial score (nSPS) is 22.7. The molecule has 2 fully saturated rings. The van der Waals surface area contributed by atoms with Gasteiger partial charge in [-0.3, -0.25) is 4.68 Å². The molecular formula is C16H21N5. The summed E-state index contributed by atoms with van der Waals surface area (Å²) in [6, 6.07) is 4.75. The Bertz CT molecular complexity index is 671. The lowest BCUT2D eigenvalue weighted by Crippen LogP contribution is -2.29. The van der Waals surface area contributed by atoms with E-state index in [1.165, 1.54) is 12.8 Å². The van der Waals surface area contributed by atoms with Crippen molar-refractivity contribution < 1.29 is 0 Å². The van der Waals surface area contributed by atoms with E-state index in [-0.39, 0.29) is 0 Å². The van der Waals surface area contributed by atoms with E-state index >= 15 is 0 Å². The minimum Gasteiger partial charge on any atom is -0.365 e. The van der Waals surface area contributed by atoms with Gasteiger partial charge in [0.1, 0.15) is 5.82 Å². The van der Waals surface area contributed by atoms with Crippen LogP contribution in [-0.2, 0) is 7.05 Å². The van der Waals surface area contributed by atoms with Gasteiger partial charge in [-0.05, 0) is 31.9 Å². The van der Waals surface area contributed by atoms with Crippen molar-refractivity contribution in [1.82, 2.24) is 20.1 Å². The molecule has 1 unspecified atom stereocenters. The number of pyridine rings is 1. The fraction of sp³-hybridized carbons (Fsp3) is 0.500. The summed E-state index contributed by atoms with van der Waals surface area (Å²) in [5, 5.41) is 11.4. The second kappa shape index (κ2) is 4.56. The Hall–Kier alpha value is -1.88. The zero-order valence-corrected chi connectivity index (χ0v) is 12.6. The van der Waals surface area contributed by atoms with Gasteiger partial charge in [0.2, 0.25) is 0 Å². The predicted octanol–water partition coefficient (Wildman–Crippen LogP) is 1.95. The van der Waals surface area contributed by atoms with Crippen molar-refractivity contribution in [3.05, 3.63) is 30.2 Å². The molecule has 1 spiro atoms. The van der Waals surface area contributed by atoms with Crippen molar-refractivity contribution in [2.45, 2.75) is 25.8 Å². The third-order valence-corrected chi connectivity index (χ3v) is 4.88. The second-order valence-corrected chi connectivity index (χ2v) is 6.42. The van der Waals surface area contributed by atoms with Crippen LogP contribution in [0.4, 0.5) is 5.82 Å². The van der Waals surface area contributed by atoms with Crippen LogP contribution in [0.5, 0.6) is 0 Å². The fourth-order valence-corrected chi connectivity index (χ4v) is 3.38. The van der Waals surface area contributed by atoms with Crippen LogP contribution in [0.15, 0.2) is 24.5 Å². The number of nitrogens with zero attached hydrogens (tertiary/aromatic N) is 3. The number of hydrogen-bond donors (Lipinski definition) is 2. The van der Waals surface area contributed by atoms with Crippen LogP contribution < -0.4 is 10.6 Å². The molecule has 2 aliphatic rings. The van der Waals surface area contributed by atoms with Gasteiger partial charge >= 0.3 is 0 Å². The monoisotopic (exact) mass is 283 g/mol. The first-order valence-electron chi connectivity index (χ1n) is 7.60. The van der Waals surface area contributed by atoms with Crippen LogP contribution in [0, 0.1) is 12.3 Å². The number of hydrogen-bond acceptors (Lipinski definition) is 4. The maximum Gasteiger partial charge on any atom is 0.126 e. The molecule has 0 amide bonds. The maximum atomic E-state index is 4.74. The molecule has 2 aromatic rings. The number of aryl methyl sites for hydroxylation is 2. The molecule has 1 saturated carbocycles. The molecule has 2 N–H and O–H groups in total. The molecule has 0 aromatic carbocycles. The predicted molar refractivity (Wildman–Crippen MR) is 83.1 cm³/mol. The Balaban J connectivity index is 1.56. The van der Waals surface area contributed by atoms with E-state index in [2.05, 4.69) is 34.8 Å². The zero-order chi connectivity index (χ0) is 14.4. The highest BCUT2D eigenvalue weighted by Gasteiger charge is 2.52. The van der Waals surface area contributed by atoms with Gasteiger partial charge in [-0.1, -0.05) is 0 Å². The van der Waals surface area contributed by atoms with Gasteiger partial charge in [-0.2, -0.15) is 5.10 Å². The summed E-state index contributed by atoms with van der Waals surface area (Å²) in [4.78, 5) is 4.74. The summed E-state index contributed by atoms with van der Waals surface area (Å²) in [5.41, 5.74) is 3.82. The van der Waals surface area contributed by atoms with Crippen LogP contribution >= 0.6 is 0 Å². The Kier molecular flexibility index (Phi) is 2.79. The average Bonchev–Trinajstić information content (AvgIpc) is 2.95. The first-order valence-corrected chi connectivity index (χ1v) is 7.60. The molecule has 3 heterocycles. The third-order valence-electron chi connectivity index (χ3n) is 4.88. The Morgan fingerprint density at radius 1 is 1.38 bits per heavy atom. The molecule has 110 valence electrons. The van der Waals surface area contributed by atoms with E-state index < -0.39 is 0 Å². The highest BCUT2D eigenvalue weighted by Crippen LogP contribution is 2.51. The van der Waals surface area contributed by atoms with Crippen LogP contribution in [0.3, 0.4) is 0 Å². The van der Waals surface area contributed by atoms with Crippen LogP contribution in [-0.4, -0.2) is 33.9 Å². The topological polar surface area (TPSA) is 54.8 Å². The van der Waals surface area contributed by atoms with Crippen molar-refractivity contribution in [1.29, 1.82) is 0 Å². The van der Waals surface area contributed by atoms with Crippen LogP contribution in [0.25, 0.3) is 11.1 Å². The minimum absolute atomic E-state index is 0.498. The lowest BCUT2D eigenvalue weighted by molar-refractivity contribution is 0.523. The number of anilines is 1. The van der Waals surface area contributed by atoms with Gasteiger partial charge in [0.25, 0.3) is 0 Å². The maximum absolute atomic E-state index is 4.74. The quantitative estimate of drug-likeness (QED) is 0.904. The molecule has 1 saturated heterocycles. The Labute approximate surface area is 124 Å². The van der Waals surface area contributed by atoms with Crippen molar-refractivity contribution >= 4 is 5.82 Å². The largest absolute Gasteiger partial charge is 0.365 e. The van der Waals surface area contributed by atoms with Gasteiger partial charge in [-0.25, -0.2) is 4.98 Å². The van der Waals surface area contributed by atoms with E-state index in [4.69, 9.17) is 4.98 Å². The first-order chi connectivity index (χ1) is 10.2. The van der Waals surface area contributed by atoms with Gasteiger partial charge in [0.15, 0.2) is 0 Å². The molecule has 1 atom stereocenters. The minimum atomic E-state index is 0.498. The van der Waals surface area contributed by atoms with Crippen molar-refractivity contribution in [2.24, 2.45) is 12.5 Å². The van der Waals surface area contributed by atoms with Gasteiger partial charge < -0.3 is 10.6 Å². The van der Waals surface area contributed by atoms with E-state index in [9.17, 15) is 0 Å². The van der Waals surface area contributed by atoms with Crippen LogP contribution in [0.1, 0.15) is 18.5 Å². The number of nitrogens with one attached hydrogen (secondary N) is 2. The molecule has 0 bridgehead atoms. The van der Waals surface area contributed by atoms with Crippen molar-refractivity contribution in [3.8, 4) is 11.1 Å². The fourth-order valence-electron chi connectivity index (χ4n) is 3.38. The highest BCUT2D eigenvalue weighted by molar-refractivity contribution is 5.65. The van der Waals surface area contributed by atoms with E-state index in [0.717, 1.165) is 35.7 Å². The standard InChI is InChI=1S/C16H21N5/c1-11-13(12-7-18-21(2)9-12)3-4-15(19-11)20-14-8-17-10-16(14)5-6-16/h3-4,7,9,14,17H,5-6,8,10H2,1-2H3,(H,19,20). The zero-order valence-electron chi connectivity index (χ0n) is 12.6. The highest BCUT2D eigenvalue weighted by atomic mass is 15.2. The molecular weight excluding hydrogens is 262 g/mol. The van der Waals surface area contributed by atoms with E-state index in [1.807, 2.05) is 24.1 Å². The molecule has 21 heavy (non-hydrogen) atoms. The summed E-state index contributed by atoms with van der Waals surface area (Å²) in [7, 11) is 1.93. The average molecular weight is 283 g/mol. The van der Waals surface area contributed by atoms with Gasteiger partial charge in [0.05, 0.1) is 6.20 Å². The lowest BCUT2D eigenvalue weighted by Gasteiger charge is -2.20. The summed E-state index contributed by atoms with van der Waals surface area (Å²) >= 11 is 0. The summed E-state index contributed by atoms with van der Waals surface area (Å²) in [5.74, 6) is 0.986. The molecule has 2 aromatic heterocycles. The van der Waals surface area contributed by atoms with E-state index in [0.29, 0.717) is 11.5 Å². The summed E-state index contributed by atoms with van der Waals surface area (Å²) in [6.07, 6.45) is 6.59. The molecule has 4 rings (SSSR count). The smallest absolute Gasteiger partial charge is 0.126 e. The lowest BCUT2D eigenvalue weighted by atomic mass is 10.0. The summed E-state index contributed by atoms with van der Waals surface area (Å²) < 4.78 is 1.82. The van der Waals surface area contributed by atoms with Crippen LogP contribution in [0.2, 0.25) is 0 Å². The first kappa shape index (κ1) is 12.8. The molecule has 1 aliphatic heterocycles. The van der Waals surface area contributed by atoms with E-state index in [1.54, 1.807) is 0 Å². The van der Waals surface area contributed by atoms with Crippen molar-refractivity contribution in [2.75, 3.05) is 18.4 Å². The Morgan fingerprint density at radius 3 is 2.90 bits per heavy atom. The molecule has 5 nitrogen and oxygen atoms in total. The molecule has 0 radical (unpaired) electrons. The second-order valence-electron chi connectivity index (χ2n) is 6.42.